The number of rotatable bonds is 4. The first-order chi connectivity index (χ1) is 7.66. The molecular weight excluding hydrogens is 286 g/mol. The average Bonchev–Trinajstić information content (AvgIpc) is 2.45. The van der Waals surface area contributed by atoms with Crippen LogP contribution < -0.4 is 5.73 Å². The minimum Gasteiger partial charge on any atom is -0.480 e. The molecule has 6 heteroatoms. The van der Waals surface area contributed by atoms with Gasteiger partial charge < -0.3 is 10.8 Å². The van der Waals surface area contributed by atoms with Gasteiger partial charge in [-0.3, -0.25) is 9.48 Å². The number of aryl methyl sites for hydroxylation is 1. The van der Waals surface area contributed by atoms with Gasteiger partial charge >= 0.3 is 5.97 Å². The first-order valence-corrected chi connectivity index (χ1v) is 6.19. The molecule has 2 unspecified atom stereocenters. The summed E-state index contributed by atoms with van der Waals surface area (Å²) >= 11 is 3.45. The molecule has 17 heavy (non-hydrogen) atoms. The molecule has 0 aliphatic heterocycles. The quantitative estimate of drug-likeness (QED) is 0.891. The molecule has 0 bridgehead atoms. The minimum absolute atomic E-state index is 0.0638. The lowest BCUT2D eigenvalue weighted by molar-refractivity contribution is -0.143. The van der Waals surface area contributed by atoms with Gasteiger partial charge in [0.25, 0.3) is 0 Å². The maximum Gasteiger partial charge on any atom is 0.323 e. The Balaban J connectivity index is 2.94. The number of hydrogen-bond acceptors (Lipinski definition) is 3. The van der Waals surface area contributed by atoms with Crippen LogP contribution in [0.4, 0.5) is 0 Å². The molecule has 5 nitrogen and oxygen atoms in total. The summed E-state index contributed by atoms with van der Waals surface area (Å²) in [7, 11) is 0. The third kappa shape index (κ3) is 2.87. The average molecular weight is 304 g/mol. The van der Waals surface area contributed by atoms with Crippen LogP contribution in [0.2, 0.25) is 0 Å². The van der Waals surface area contributed by atoms with Crippen LogP contribution in [0.25, 0.3) is 0 Å². The Morgan fingerprint density at radius 2 is 2.18 bits per heavy atom. The Kier molecular flexibility index (Phi) is 3.99. The molecule has 0 fully saturated rings. The highest BCUT2D eigenvalue weighted by Crippen LogP contribution is 2.26. The summed E-state index contributed by atoms with van der Waals surface area (Å²) in [5.41, 5.74) is 6.38. The van der Waals surface area contributed by atoms with Gasteiger partial charge in [0.05, 0.1) is 21.9 Å². The lowest BCUT2D eigenvalue weighted by Gasteiger charge is -2.24. The van der Waals surface area contributed by atoms with Crippen LogP contribution in [0.1, 0.15) is 37.7 Å². The number of aromatic nitrogens is 2. The molecule has 1 aromatic rings. The van der Waals surface area contributed by atoms with Gasteiger partial charge in [0.2, 0.25) is 0 Å². The molecule has 3 N–H and O–H groups in total. The normalized spacial score (nSPS) is 16.6. The van der Waals surface area contributed by atoms with Gasteiger partial charge in [-0.25, -0.2) is 0 Å². The Hall–Kier alpha value is -0.880. The molecule has 0 amide bonds. The fraction of sp³-hybridized carbons (Fsp3) is 0.636. The van der Waals surface area contributed by atoms with E-state index in [0.717, 1.165) is 15.9 Å². The second-order valence-electron chi connectivity index (χ2n) is 4.71. The summed E-state index contributed by atoms with van der Waals surface area (Å²) in [6.45, 7) is 7.28. The summed E-state index contributed by atoms with van der Waals surface area (Å²) < 4.78 is 2.77. The fourth-order valence-corrected chi connectivity index (χ4v) is 2.12. The number of aliphatic carboxylic acids is 1. The van der Waals surface area contributed by atoms with Crippen LogP contribution >= 0.6 is 15.9 Å². The summed E-state index contributed by atoms with van der Waals surface area (Å²) in [5.74, 6) is -0.995. The summed E-state index contributed by atoms with van der Waals surface area (Å²) in [6, 6.07) is -0.0638. The zero-order valence-electron chi connectivity index (χ0n) is 10.5. The maximum atomic E-state index is 11.0. The fourth-order valence-electron chi connectivity index (χ4n) is 1.86. The summed E-state index contributed by atoms with van der Waals surface area (Å²) in [4.78, 5) is 11.0. The van der Waals surface area contributed by atoms with E-state index in [0.29, 0.717) is 6.42 Å². The third-order valence-electron chi connectivity index (χ3n) is 2.86. The van der Waals surface area contributed by atoms with Crippen LogP contribution in [0.15, 0.2) is 4.47 Å². The molecule has 2 atom stereocenters. The number of hydrogen-bond donors (Lipinski definition) is 2. The van der Waals surface area contributed by atoms with Gasteiger partial charge in [-0.2, -0.15) is 5.10 Å². The maximum absolute atomic E-state index is 11.0. The van der Waals surface area contributed by atoms with E-state index in [9.17, 15) is 4.79 Å². The van der Waals surface area contributed by atoms with Crippen LogP contribution in [0, 0.1) is 13.8 Å². The Labute approximate surface area is 109 Å². The van der Waals surface area contributed by atoms with Crippen molar-refractivity contribution in [2.24, 2.45) is 5.73 Å². The highest BCUT2D eigenvalue weighted by atomic mass is 79.9. The van der Waals surface area contributed by atoms with Gasteiger partial charge in [-0.05, 0) is 50.0 Å². The molecule has 0 spiro atoms. The van der Waals surface area contributed by atoms with E-state index in [1.165, 1.54) is 6.92 Å². The van der Waals surface area contributed by atoms with Crippen molar-refractivity contribution in [3.05, 3.63) is 15.9 Å². The van der Waals surface area contributed by atoms with Crippen molar-refractivity contribution in [1.29, 1.82) is 0 Å². The van der Waals surface area contributed by atoms with Crippen LogP contribution in [0.5, 0.6) is 0 Å². The van der Waals surface area contributed by atoms with E-state index in [-0.39, 0.29) is 6.04 Å². The monoisotopic (exact) mass is 303 g/mol. The van der Waals surface area contributed by atoms with Crippen LogP contribution in [0.3, 0.4) is 0 Å². The molecule has 1 heterocycles. The van der Waals surface area contributed by atoms with E-state index >= 15 is 0 Å². The number of carbonyl (C=O) groups is 1. The predicted molar refractivity (Wildman–Crippen MR) is 69.0 cm³/mol. The molecule has 0 aliphatic carbocycles. The van der Waals surface area contributed by atoms with Crippen LogP contribution in [-0.2, 0) is 4.79 Å². The predicted octanol–water partition coefficient (Wildman–Crippen LogP) is 2.02. The Morgan fingerprint density at radius 1 is 1.65 bits per heavy atom. The number of carboxylic acids is 1. The molecule has 96 valence electrons. The number of nitrogens with two attached hydrogens (primary N) is 1. The molecule has 0 radical (unpaired) electrons. The Bertz CT molecular complexity index is 440. The molecule has 0 saturated carbocycles. The van der Waals surface area contributed by atoms with Crippen molar-refractivity contribution in [1.82, 2.24) is 9.78 Å². The zero-order chi connectivity index (χ0) is 13.4. The topological polar surface area (TPSA) is 81.1 Å². The number of halogens is 1. The van der Waals surface area contributed by atoms with Crippen molar-refractivity contribution in [3.63, 3.8) is 0 Å². The third-order valence-corrected chi connectivity index (χ3v) is 4.01. The lowest BCUT2D eigenvalue weighted by atomic mass is 9.95. The second-order valence-corrected chi connectivity index (χ2v) is 5.50. The van der Waals surface area contributed by atoms with Gasteiger partial charge in [-0.1, -0.05) is 0 Å². The van der Waals surface area contributed by atoms with Gasteiger partial charge in [0.15, 0.2) is 0 Å². The zero-order valence-corrected chi connectivity index (χ0v) is 12.1. The van der Waals surface area contributed by atoms with Gasteiger partial charge in [0, 0.05) is 0 Å². The second kappa shape index (κ2) is 4.78. The number of carboxylic acid groups (broad SMARTS) is 1. The summed E-state index contributed by atoms with van der Waals surface area (Å²) in [5, 5.41) is 13.4. The standard InChI is InChI=1S/C11H18BrN3O2/c1-6(5-11(4,13)10(16)17)15-8(3)9(12)7(2)14-15/h6H,5,13H2,1-4H3,(H,16,17). The summed E-state index contributed by atoms with van der Waals surface area (Å²) in [6.07, 6.45) is 0.330. The van der Waals surface area contributed by atoms with Gasteiger partial charge in [-0.15, -0.1) is 0 Å². The molecule has 1 rings (SSSR count). The minimum atomic E-state index is -1.24. The van der Waals surface area contributed by atoms with E-state index in [1.54, 1.807) is 0 Å². The highest BCUT2D eigenvalue weighted by Gasteiger charge is 2.31. The number of nitrogens with zero attached hydrogens (tertiary/aromatic N) is 2. The highest BCUT2D eigenvalue weighted by molar-refractivity contribution is 9.10. The smallest absolute Gasteiger partial charge is 0.323 e. The van der Waals surface area contributed by atoms with E-state index in [1.807, 2.05) is 25.5 Å². The molecule has 0 aliphatic rings. The molecule has 1 aromatic heterocycles. The van der Waals surface area contributed by atoms with E-state index < -0.39 is 11.5 Å². The largest absolute Gasteiger partial charge is 0.480 e. The molecular formula is C11H18BrN3O2. The lowest BCUT2D eigenvalue weighted by Crippen LogP contribution is -2.46. The Morgan fingerprint density at radius 3 is 2.53 bits per heavy atom. The van der Waals surface area contributed by atoms with E-state index in [4.69, 9.17) is 10.8 Å². The first-order valence-electron chi connectivity index (χ1n) is 5.40. The van der Waals surface area contributed by atoms with Crippen LogP contribution in [-0.4, -0.2) is 26.4 Å². The first kappa shape index (κ1) is 14.2. The van der Waals surface area contributed by atoms with Crippen molar-refractivity contribution < 1.29 is 9.90 Å². The molecule has 0 saturated heterocycles. The van der Waals surface area contributed by atoms with Crippen molar-refractivity contribution >= 4 is 21.9 Å². The SMILES string of the molecule is Cc1nn(C(C)CC(C)(N)C(=O)O)c(C)c1Br. The van der Waals surface area contributed by atoms with Gasteiger partial charge in [0.1, 0.15) is 5.54 Å². The van der Waals surface area contributed by atoms with E-state index in [2.05, 4.69) is 21.0 Å². The van der Waals surface area contributed by atoms with Crippen molar-refractivity contribution in [2.45, 2.75) is 45.7 Å². The van der Waals surface area contributed by atoms with Crippen molar-refractivity contribution in [3.8, 4) is 0 Å². The molecule has 0 aromatic carbocycles. The van der Waals surface area contributed by atoms with Crippen molar-refractivity contribution in [2.75, 3.05) is 0 Å².